The molecule has 0 unspecified atom stereocenters. The molecule has 4 rings (SSSR count). The Morgan fingerprint density at radius 3 is 3.17 bits per heavy atom. The van der Waals surface area contributed by atoms with Crippen LogP contribution in [0.1, 0.15) is 30.1 Å². The van der Waals surface area contributed by atoms with Crippen LogP contribution in [-0.4, -0.2) is 29.2 Å². The summed E-state index contributed by atoms with van der Waals surface area (Å²) in [5.41, 5.74) is 2.25. The highest BCUT2D eigenvalue weighted by molar-refractivity contribution is 5.48. The molecule has 1 fully saturated rings. The molecule has 2 aliphatic rings. The van der Waals surface area contributed by atoms with Crippen molar-refractivity contribution in [2.24, 2.45) is 7.05 Å². The number of benzene rings is 1. The number of aromatic nitrogens is 2. The van der Waals surface area contributed by atoms with E-state index in [-0.39, 0.29) is 12.1 Å². The van der Waals surface area contributed by atoms with Crippen molar-refractivity contribution < 1.29 is 14.2 Å². The first-order chi connectivity index (χ1) is 11.3. The molecule has 0 amide bonds. The molecule has 6 nitrogen and oxygen atoms in total. The van der Waals surface area contributed by atoms with Crippen molar-refractivity contribution in [2.45, 2.75) is 31.5 Å². The summed E-state index contributed by atoms with van der Waals surface area (Å²) in [6, 6.07) is 6.28. The number of para-hydroxylation sites is 1. The van der Waals surface area contributed by atoms with Crippen LogP contribution in [0.4, 0.5) is 0 Å². The van der Waals surface area contributed by atoms with Crippen LogP contribution in [0.5, 0.6) is 11.5 Å². The van der Waals surface area contributed by atoms with Gasteiger partial charge >= 0.3 is 0 Å². The van der Waals surface area contributed by atoms with Crippen molar-refractivity contribution in [3.8, 4) is 11.5 Å². The lowest BCUT2D eigenvalue weighted by Gasteiger charge is -2.32. The zero-order valence-corrected chi connectivity index (χ0v) is 13.2. The fraction of sp³-hybridized carbons (Fsp3) is 0.471. The van der Waals surface area contributed by atoms with Crippen LogP contribution in [0.3, 0.4) is 0 Å². The largest absolute Gasteiger partial charge is 0.454 e. The number of hydrogen-bond donors (Lipinski definition) is 1. The van der Waals surface area contributed by atoms with Gasteiger partial charge in [0.25, 0.3) is 0 Å². The van der Waals surface area contributed by atoms with Crippen molar-refractivity contribution in [1.82, 2.24) is 15.1 Å². The Labute approximate surface area is 135 Å². The van der Waals surface area contributed by atoms with Gasteiger partial charge in [0.2, 0.25) is 6.79 Å². The van der Waals surface area contributed by atoms with E-state index in [0.29, 0.717) is 6.79 Å². The monoisotopic (exact) mass is 315 g/mol. The predicted octanol–water partition coefficient (Wildman–Crippen LogP) is 2.16. The Balaban J connectivity index is 1.48. The summed E-state index contributed by atoms with van der Waals surface area (Å²) in [5.74, 6) is 1.68. The van der Waals surface area contributed by atoms with Gasteiger partial charge in [-0.05, 0) is 18.9 Å². The van der Waals surface area contributed by atoms with Gasteiger partial charge in [-0.1, -0.05) is 12.1 Å². The molecule has 23 heavy (non-hydrogen) atoms. The molecule has 0 radical (unpaired) electrons. The Morgan fingerprint density at radius 2 is 2.30 bits per heavy atom. The molecular formula is C17H21N3O3. The summed E-state index contributed by atoms with van der Waals surface area (Å²) >= 11 is 0. The first kappa shape index (κ1) is 14.5. The highest BCUT2D eigenvalue weighted by Gasteiger charge is 2.28. The number of rotatable bonds is 4. The van der Waals surface area contributed by atoms with Gasteiger partial charge in [0, 0.05) is 43.6 Å². The minimum absolute atomic E-state index is 0.0476. The normalized spacial score (nSPS) is 23.2. The number of nitrogens with one attached hydrogen (secondary N) is 1. The zero-order valence-electron chi connectivity index (χ0n) is 13.2. The van der Waals surface area contributed by atoms with Gasteiger partial charge in [-0.2, -0.15) is 5.10 Å². The first-order valence-corrected chi connectivity index (χ1v) is 8.02. The van der Waals surface area contributed by atoms with Crippen molar-refractivity contribution in [3.05, 3.63) is 41.7 Å². The minimum atomic E-state index is 0.0476. The van der Waals surface area contributed by atoms with E-state index in [1.54, 1.807) is 0 Å². The molecule has 1 N–H and O–H groups in total. The van der Waals surface area contributed by atoms with E-state index in [0.717, 1.165) is 48.6 Å². The van der Waals surface area contributed by atoms with E-state index in [9.17, 15) is 0 Å². The maximum Gasteiger partial charge on any atom is 0.231 e. The SMILES string of the molecule is Cn1cc([C@H]2OCCC[C@@H]2NCc2cccc3c2OCO3)cn1. The standard InChI is InChI=1S/C17H21N3O3/c1-20-10-13(9-19-20)16-14(5-3-7-21-16)18-8-12-4-2-6-15-17(12)23-11-22-15/h2,4,6,9-10,14,16,18H,3,5,7-8,11H2,1H3/t14-,16+/m0/s1. The average Bonchev–Trinajstić information content (AvgIpc) is 3.22. The average molecular weight is 315 g/mol. The first-order valence-electron chi connectivity index (χ1n) is 8.02. The highest BCUT2D eigenvalue weighted by Crippen LogP contribution is 2.36. The maximum absolute atomic E-state index is 6.00. The maximum atomic E-state index is 6.00. The third kappa shape index (κ3) is 2.92. The molecule has 2 aromatic rings. The Hall–Kier alpha value is -2.05. The second-order valence-corrected chi connectivity index (χ2v) is 6.02. The Kier molecular flexibility index (Phi) is 3.93. The van der Waals surface area contributed by atoms with Crippen molar-refractivity contribution in [3.63, 3.8) is 0 Å². The van der Waals surface area contributed by atoms with Crippen molar-refractivity contribution >= 4 is 0 Å². The molecule has 6 heteroatoms. The zero-order chi connectivity index (χ0) is 15.6. The molecule has 122 valence electrons. The molecule has 2 aliphatic heterocycles. The molecule has 1 saturated heterocycles. The molecule has 0 bridgehead atoms. The number of fused-ring (bicyclic) bond motifs is 1. The third-order valence-corrected chi connectivity index (χ3v) is 4.41. The van der Waals surface area contributed by atoms with Gasteiger partial charge in [0.05, 0.1) is 6.20 Å². The van der Waals surface area contributed by atoms with Crippen LogP contribution < -0.4 is 14.8 Å². The summed E-state index contributed by atoms with van der Waals surface area (Å²) in [6.07, 6.45) is 6.13. The smallest absolute Gasteiger partial charge is 0.231 e. The molecule has 0 saturated carbocycles. The number of ether oxygens (including phenoxy) is 3. The van der Waals surface area contributed by atoms with E-state index in [4.69, 9.17) is 14.2 Å². The van der Waals surface area contributed by atoms with Crippen LogP contribution in [0.2, 0.25) is 0 Å². The fourth-order valence-corrected chi connectivity index (χ4v) is 3.28. The van der Waals surface area contributed by atoms with Gasteiger partial charge in [0.1, 0.15) is 6.10 Å². The topological polar surface area (TPSA) is 57.5 Å². The van der Waals surface area contributed by atoms with E-state index < -0.39 is 0 Å². The summed E-state index contributed by atoms with van der Waals surface area (Å²) in [7, 11) is 1.93. The number of nitrogens with zero attached hydrogens (tertiary/aromatic N) is 2. The van der Waals surface area contributed by atoms with Gasteiger partial charge in [-0.15, -0.1) is 0 Å². The van der Waals surface area contributed by atoms with Gasteiger partial charge in [-0.3, -0.25) is 4.68 Å². The van der Waals surface area contributed by atoms with Crippen molar-refractivity contribution in [2.75, 3.05) is 13.4 Å². The highest BCUT2D eigenvalue weighted by atomic mass is 16.7. The van der Waals surface area contributed by atoms with Gasteiger partial charge in [0.15, 0.2) is 11.5 Å². The number of hydrogen-bond acceptors (Lipinski definition) is 5. The van der Waals surface area contributed by atoms with Crippen LogP contribution >= 0.6 is 0 Å². The Bertz CT molecular complexity index is 685. The van der Waals surface area contributed by atoms with E-state index in [1.165, 1.54) is 0 Å². The minimum Gasteiger partial charge on any atom is -0.454 e. The fourth-order valence-electron chi connectivity index (χ4n) is 3.28. The van der Waals surface area contributed by atoms with Crippen LogP contribution in [0.15, 0.2) is 30.6 Å². The van der Waals surface area contributed by atoms with Crippen molar-refractivity contribution in [1.29, 1.82) is 0 Å². The molecule has 2 atom stereocenters. The molecule has 0 spiro atoms. The molecular weight excluding hydrogens is 294 g/mol. The van der Waals surface area contributed by atoms with Gasteiger partial charge in [-0.25, -0.2) is 0 Å². The van der Waals surface area contributed by atoms with Crippen LogP contribution in [0.25, 0.3) is 0 Å². The number of aryl methyl sites for hydroxylation is 1. The van der Waals surface area contributed by atoms with E-state index in [2.05, 4.69) is 16.5 Å². The second-order valence-electron chi connectivity index (χ2n) is 6.02. The quantitative estimate of drug-likeness (QED) is 0.937. The van der Waals surface area contributed by atoms with Crippen LogP contribution in [0, 0.1) is 0 Å². The lowest BCUT2D eigenvalue weighted by atomic mass is 9.98. The lowest BCUT2D eigenvalue weighted by Crippen LogP contribution is -2.39. The third-order valence-electron chi connectivity index (χ3n) is 4.41. The second kappa shape index (κ2) is 6.22. The van der Waals surface area contributed by atoms with E-state index in [1.807, 2.05) is 36.3 Å². The summed E-state index contributed by atoms with van der Waals surface area (Å²) in [6.45, 7) is 1.84. The lowest BCUT2D eigenvalue weighted by molar-refractivity contribution is -0.0112. The van der Waals surface area contributed by atoms with Gasteiger partial charge < -0.3 is 19.5 Å². The summed E-state index contributed by atoms with van der Waals surface area (Å²) < 4.78 is 18.8. The Morgan fingerprint density at radius 1 is 1.35 bits per heavy atom. The molecule has 0 aliphatic carbocycles. The van der Waals surface area contributed by atoms with E-state index >= 15 is 0 Å². The molecule has 3 heterocycles. The molecule has 1 aromatic heterocycles. The molecule has 1 aromatic carbocycles. The summed E-state index contributed by atoms with van der Waals surface area (Å²) in [5, 5.41) is 7.89. The van der Waals surface area contributed by atoms with Crippen LogP contribution in [-0.2, 0) is 18.3 Å². The predicted molar refractivity (Wildman–Crippen MR) is 84.3 cm³/mol. The summed E-state index contributed by atoms with van der Waals surface area (Å²) in [4.78, 5) is 0.